The Bertz CT molecular complexity index is 582. The van der Waals surface area contributed by atoms with E-state index in [-0.39, 0.29) is 11.7 Å². The van der Waals surface area contributed by atoms with E-state index in [0.29, 0.717) is 15.7 Å². The van der Waals surface area contributed by atoms with Gasteiger partial charge in [-0.05, 0) is 37.3 Å². The van der Waals surface area contributed by atoms with Crippen molar-refractivity contribution < 1.29 is 9.53 Å². The van der Waals surface area contributed by atoms with Gasteiger partial charge in [0.1, 0.15) is 0 Å². The Kier molecular flexibility index (Phi) is 8.27. The molecule has 128 valence electrons. The first-order chi connectivity index (χ1) is 10.6. The number of thiocarbonyl (C=S) groups is 1. The van der Waals surface area contributed by atoms with Gasteiger partial charge in [-0.15, -0.1) is 0 Å². The van der Waals surface area contributed by atoms with Crippen LogP contribution in [0.5, 0.6) is 0 Å². The molecule has 0 bridgehead atoms. The van der Waals surface area contributed by atoms with E-state index in [0.717, 1.165) is 0 Å². The SMILES string of the molecule is CCOC(=O)NC(NC(=S)Nc1ccc(Cl)c(Cl)c1)C(Cl)(Cl)Cl. The van der Waals surface area contributed by atoms with Gasteiger partial charge in [-0.1, -0.05) is 58.0 Å². The number of carbonyl (C=O) groups excluding carboxylic acids is 1. The number of hydrogen-bond donors (Lipinski definition) is 3. The van der Waals surface area contributed by atoms with Crippen molar-refractivity contribution in [3.05, 3.63) is 28.2 Å². The number of carbonyl (C=O) groups is 1. The van der Waals surface area contributed by atoms with Crippen LogP contribution in [0.2, 0.25) is 10.0 Å². The van der Waals surface area contributed by atoms with Crippen molar-refractivity contribution in [2.24, 2.45) is 0 Å². The summed E-state index contributed by atoms with van der Waals surface area (Å²) in [5, 5.41) is 8.69. The van der Waals surface area contributed by atoms with Crippen molar-refractivity contribution >= 4 is 87.1 Å². The molecule has 0 aliphatic rings. The third kappa shape index (κ3) is 7.37. The second kappa shape index (κ2) is 9.20. The van der Waals surface area contributed by atoms with Gasteiger partial charge in [-0.2, -0.15) is 0 Å². The maximum absolute atomic E-state index is 11.5. The third-order valence-electron chi connectivity index (χ3n) is 2.32. The Morgan fingerprint density at radius 3 is 2.43 bits per heavy atom. The molecule has 0 heterocycles. The van der Waals surface area contributed by atoms with Crippen LogP contribution in [0.15, 0.2) is 18.2 Å². The van der Waals surface area contributed by atoms with Crippen molar-refractivity contribution in [3.8, 4) is 0 Å². The highest BCUT2D eigenvalue weighted by Crippen LogP contribution is 2.29. The number of alkyl halides is 3. The van der Waals surface area contributed by atoms with E-state index in [4.69, 9.17) is 75.0 Å². The molecule has 0 radical (unpaired) electrons. The third-order valence-corrected chi connectivity index (χ3v) is 3.93. The zero-order valence-electron chi connectivity index (χ0n) is 11.6. The normalized spacial score (nSPS) is 12.3. The maximum Gasteiger partial charge on any atom is 0.408 e. The number of amides is 1. The van der Waals surface area contributed by atoms with E-state index in [1.807, 2.05) is 0 Å². The molecule has 0 saturated heterocycles. The molecule has 0 saturated carbocycles. The van der Waals surface area contributed by atoms with E-state index >= 15 is 0 Å². The summed E-state index contributed by atoms with van der Waals surface area (Å²) >= 11 is 34.3. The Labute approximate surface area is 163 Å². The van der Waals surface area contributed by atoms with Gasteiger partial charge in [0.25, 0.3) is 0 Å². The fraction of sp³-hybridized carbons (Fsp3) is 0.333. The first-order valence-electron chi connectivity index (χ1n) is 6.16. The molecule has 0 fully saturated rings. The predicted molar refractivity (Wildman–Crippen MR) is 100 cm³/mol. The number of nitrogens with one attached hydrogen (secondary N) is 3. The molecule has 0 aliphatic heterocycles. The molecule has 0 aliphatic carbocycles. The molecular weight excluding hydrogens is 427 g/mol. The van der Waals surface area contributed by atoms with E-state index in [1.54, 1.807) is 25.1 Å². The quantitative estimate of drug-likeness (QED) is 0.360. The minimum absolute atomic E-state index is 0.0940. The number of hydrogen-bond acceptors (Lipinski definition) is 3. The van der Waals surface area contributed by atoms with Crippen LogP contribution in [0.25, 0.3) is 0 Å². The summed E-state index contributed by atoms with van der Waals surface area (Å²) in [7, 11) is 0. The van der Waals surface area contributed by atoms with E-state index in [1.165, 1.54) is 0 Å². The Hall–Kier alpha value is -0.370. The van der Waals surface area contributed by atoms with Crippen LogP contribution in [0, 0.1) is 0 Å². The van der Waals surface area contributed by atoms with E-state index in [9.17, 15) is 4.79 Å². The summed E-state index contributed by atoms with van der Waals surface area (Å²) in [6, 6.07) is 4.82. The molecule has 1 amide bonds. The molecule has 1 rings (SSSR count). The van der Waals surface area contributed by atoms with Gasteiger partial charge in [0.15, 0.2) is 11.3 Å². The molecular formula is C12H12Cl5N3O2S. The summed E-state index contributed by atoms with van der Waals surface area (Å²) in [5.74, 6) is 0. The molecule has 1 unspecified atom stereocenters. The van der Waals surface area contributed by atoms with E-state index in [2.05, 4.69) is 16.0 Å². The van der Waals surface area contributed by atoms with Gasteiger partial charge >= 0.3 is 6.09 Å². The summed E-state index contributed by atoms with van der Waals surface area (Å²) in [6.07, 6.45) is -1.87. The molecule has 23 heavy (non-hydrogen) atoms. The Morgan fingerprint density at radius 2 is 1.91 bits per heavy atom. The van der Waals surface area contributed by atoms with Crippen molar-refractivity contribution in [3.63, 3.8) is 0 Å². The molecule has 0 spiro atoms. The average Bonchev–Trinajstić information content (AvgIpc) is 2.41. The minimum atomic E-state index is -1.86. The average molecular weight is 440 g/mol. The first-order valence-corrected chi connectivity index (χ1v) is 8.46. The summed E-state index contributed by atoms with van der Waals surface area (Å²) in [6.45, 7) is 1.82. The lowest BCUT2D eigenvalue weighted by Gasteiger charge is -2.27. The second-order valence-electron chi connectivity index (χ2n) is 4.07. The van der Waals surface area contributed by atoms with Gasteiger partial charge in [0.05, 0.1) is 16.7 Å². The largest absolute Gasteiger partial charge is 0.450 e. The maximum atomic E-state index is 11.5. The second-order valence-corrected chi connectivity index (χ2v) is 7.66. The fourth-order valence-corrected chi connectivity index (χ4v) is 2.22. The zero-order chi connectivity index (χ0) is 17.6. The number of ether oxygens (including phenoxy) is 1. The van der Waals surface area contributed by atoms with Gasteiger partial charge in [-0.3, -0.25) is 5.32 Å². The van der Waals surface area contributed by atoms with Crippen molar-refractivity contribution in [1.29, 1.82) is 0 Å². The number of halogens is 5. The fourth-order valence-electron chi connectivity index (χ4n) is 1.36. The molecule has 5 nitrogen and oxygen atoms in total. The molecule has 1 aromatic carbocycles. The highest BCUT2D eigenvalue weighted by Gasteiger charge is 2.35. The molecule has 3 N–H and O–H groups in total. The van der Waals surface area contributed by atoms with Crippen LogP contribution >= 0.6 is 70.2 Å². The lowest BCUT2D eigenvalue weighted by molar-refractivity contribution is 0.147. The monoisotopic (exact) mass is 437 g/mol. The molecule has 1 atom stereocenters. The van der Waals surface area contributed by atoms with Gasteiger partial charge < -0.3 is 15.4 Å². The number of benzene rings is 1. The van der Waals surface area contributed by atoms with Crippen LogP contribution in [-0.2, 0) is 4.74 Å². The van der Waals surface area contributed by atoms with Gasteiger partial charge in [-0.25, -0.2) is 4.79 Å². The summed E-state index contributed by atoms with van der Waals surface area (Å²) < 4.78 is 2.87. The first kappa shape index (κ1) is 20.7. The van der Waals surface area contributed by atoms with Crippen molar-refractivity contribution in [2.45, 2.75) is 16.9 Å². The lowest BCUT2D eigenvalue weighted by atomic mass is 10.3. The summed E-state index contributed by atoms with van der Waals surface area (Å²) in [4.78, 5) is 11.5. The van der Waals surface area contributed by atoms with Crippen molar-refractivity contribution in [1.82, 2.24) is 10.6 Å². The Morgan fingerprint density at radius 1 is 1.26 bits per heavy atom. The number of anilines is 1. The molecule has 11 heteroatoms. The smallest absolute Gasteiger partial charge is 0.408 e. The van der Waals surface area contributed by atoms with Crippen LogP contribution in [0.1, 0.15) is 6.92 Å². The zero-order valence-corrected chi connectivity index (χ0v) is 16.2. The van der Waals surface area contributed by atoms with Crippen LogP contribution in [0.4, 0.5) is 10.5 Å². The van der Waals surface area contributed by atoms with Crippen LogP contribution in [-0.4, -0.2) is 27.8 Å². The van der Waals surface area contributed by atoms with Crippen LogP contribution in [0.3, 0.4) is 0 Å². The van der Waals surface area contributed by atoms with Gasteiger partial charge in [0.2, 0.25) is 3.79 Å². The highest BCUT2D eigenvalue weighted by atomic mass is 35.6. The van der Waals surface area contributed by atoms with Crippen molar-refractivity contribution in [2.75, 3.05) is 11.9 Å². The topological polar surface area (TPSA) is 62.4 Å². The Balaban J connectivity index is 2.72. The minimum Gasteiger partial charge on any atom is -0.450 e. The standard InChI is InChI=1S/C12H12Cl5N3O2S/c1-2-22-11(21)20-9(12(15,16)17)19-10(23)18-6-3-4-7(13)8(14)5-6/h3-5,9H,2H2,1H3,(H,20,21)(H2,18,19,23). The summed E-state index contributed by atoms with van der Waals surface area (Å²) in [5.41, 5.74) is 0.566. The van der Waals surface area contributed by atoms with E-state index < -0.39 is 16.1 Å². The highest BCUT2D eigenvalue weighted by molar-refractivity contribution is 7.80. The molecule has 1 aromatic rings. The van der Waals surface area contributed by atoms with Gasteiger partial charge in [0, 0.05) is 5.69 Å². The van der Waals surface area contributed by atoms with Crippen LogP contribution < -0.4 is 16.0 Å². The number of rotatable bonds is 4. The lowest BCUT2D eigenvalue weighted by Crippen LogP contribution is -2.56. The molecule has 0 aromatic heterocycles. The predicted octanol–water partition coefficient (Wildman–Crippen LogP) is 4.72. The number of alkyl carbamates (subject to hydrolysis) is 1.